The average Bonchev–Trinajstić information content (AvgIpc) is 3.14. The van der Waals surface area contributed by atoms with E-state index < -0.39 is 47.9 Å². The number of hydrogen-bond donors (Lipinski definition) is 1. The summed E-state index contributed by atoms with van der Waals surface area (Å²) in [6, 6.07) is 8.33. The predicted molar refractivity (Wildman–Crippen MR) is 126 cm³/mol. The van der Waals surface area contributed by atoms with Crippen molar-refractivity contribution in [2.75, 3.05) is 6.61 Å². The van der Waals surface area contributed by atoms with Crippen LogP contribution in [0.1, 0.15) is 64.5 Å². The molecule has 2 amide bonds. The molecule has 0 bridgehead atoms. The van der Waals surface area contributed by atoms with E-state index in [0.717, 1.165) is 42.4 Å². The molecule has 0 spiro atoms. The molecule has 1 saturated heterocycles. The first kappa shape index (κ1) is 27.9. The number of allylic oxidation sites excluding steroid dienone is 1. The van der Waals surface area contributed by atoms with E-state index in [1.54, 1.807) is 31.2 Å². The van der Waals surface area contributed by atoms with Crippen molar-refractivity contribution < 1.29 is 38.6 Å². The van der Waals surface area contributed by atoms with E-state index in [4.69, 9.17) is 14.6 Å². The fourth-order valence-electron chi connectivity index (χ4n) is 3.90. The molecular weight excluding hydrogens is 454 g/mol. The molecule has 0 aliphatic carbocycles. The Kier molecular flexibility index (Phi) is 10.8. The highest BCUT2D eigenvalue weighted by Gasteiger charge is 2.47. The number of amides is 2. The molecule has 1 aromatic carbocycles. The van der Waals surface area contributed by atoms with Gasteiger partial charge in [-0.05, 0) is 44.4 Å². The normalized spacial score (nSPS) is 19.3. The Bertz CT molecular complexity index is 942. The van der Waals surface area contributed by atoms with Crippen LogP contribution in [-0.4, -0.2) is 58.3 Å². The molecule has 2 rings (SSSR count). The monoisotopic (exact) mass is 487 g/mol. The highest BCUT2D eigenvalue weighted by atomic mass is 16.6. The van der Waals surface area contributed by atoms with E-state index in [9.17, 15) is 24.0 Å². The topological polar surface area (TPSA) is 127 Å². The number of nitrogens with zero attached hydrogens (tertiary/aromatic N) is 1. The number of imide groups is 1. The zero-order chi connectivity index (χ0) is 26.0. The van der Waals surface area contributed by atoms with Gasteiger partial charge in [0, 0.05) is 20.0 Å². The molecule has 0 aromatic heterocycles. The third-order valence-corrected chi connectivity index (χ3v) is 5.82. The molecule has 0 radical (unpaired) electrons. The second-order valence-corrected chi connectivity index (χ2v) is 8.57. The zero-order valence-electron chi connectivity index (χ0n) is 20.3. The number of aliphatic hydroxyl groups excluding tert-OH is 1. The van der Waals surface area contributed by atoms with Crippen LogP contribution in [0, 0.1) is 5.92 Å². The molecule has 1 fully saturated rings. The molecule has 0 unspecified atom stereocenters. The van der Waals surface area contributed by atoms with Crippen LogP contribution in [0.5, 0.6) is 0 Å². The van der Waals surface area contributed by atoms with Crippen LogP contribution in [0.4, 0.5) is 4.79 Å². The number of unbranched alkanes of at least 4 members (excludes halogenated alkanes) is 3. The molecule has 35 heavy (non-hydrogen) atoms. The van der Waals surface area contributed by atoms with Crippen LogP contribution in [0.2, 0.25) is 0 Å². The third kappa shape index (κ3) is 7.85. The van der Waals surface area contributed by atoms with Crippen LogP contribution in [-0.2, 0) is 28.7 Å². The summed E-state index contributed by atoms with van der Waals surface area (Å²) >= 11 is 0. The second-order valence-electron chi connectivity index (χ2n) is 8.57. The van der Waals surface area contributed by atoms with Crippen LogP contribution in [0.25, 0.3) is 0 Å². The molecule has 0 saturated carbocycles. The molecule has 1 heterocycles. The molecule has 1 aliphatic heterocycles. The van der Waals surface area contributed by atoms with Gasteiger partial charge in [0.2, 0.25) is 5.91 Å². The number of carbonyl (C=O) groups is 5. The summed E-state index contributed by atoms with van der Waals surface area (Å²) < 4.78 is 10.5. The minimum absolute atomic E-state index is 0.109. The lowest BCUT2D eigenvalue weighted by Crippen LogP contribution is -2.47. The lowest BCUT2D eigenvalue weighted by atomic mass is 9.96. The standard InChI is InChI=1S/C26H33NO8/c1-17(25(32)27-18(2)24(35-26(27)33)20-11-7-6-8-12-20)23(34-19(3)29)22(31)15-14-21(30)13-9-4-5-10-16-28/h6-8,11-12,14-15,17-18,23-24,28H,4-5,9-10,13,16H2,1-3H3/t17-,18-,23-,24-/m1/s1. The molecule has 190 valence electrons. The van der Waals surface area contributed by atoms with E-state index in [-0.39, 0.29) is 18.8 Å². The fourth-order valence-corrected chi connectivity index (χ4v) is 3.90. The van der Waals surface area contributed by atoms with E-state index in [1.807, 2.05) is 6.07 Å². The van der Waals surface area contributed by atoms with Gasteiger partial charge in [0.15, 0.2) is 17.7 Å². The molecule has 9 heteroatoms. The second kappa shape index (κ2) is 13.5. The van der Waals surface area contributed by atoms with Crippen molar-refractivity contribution in [3.8, 4) is 0 Å². The molecule has 1 aliphatic rings. The van der Waals surface area contributed by atoms with Gasteiger partial charge in [-0.1, -0.05) is 43.2 Å². The van der Waals surface area contributed by atoms with E-state index in [0.29, 0.717) is 12.8 Å². The maximum atomic E-state index is 13.2. The Morgan fingerprint density at radius 3 is 2.37 bits per heavy atom. The quantitative estimate of drug-likeness (QED) is 0.255. The molecule has 4 atom stereocenters. The van der Waals surface area contributed by atoms with Gasteiger partial charge in [-0.25, -0.2) is 9.69 Å². The summed E-state index contributed by atoms with van der Waals surface area (Å²) in [7, 11) is 0. The molecule has 1 aromatic rings. The Balaban J connectivity index is 2.08. The SMILES string of the molecule is CC(=O)O[C@@H](C(=O)C=CC(=O)CCCCCCO)[C@@H](C)C(=O)N1C(=O)O[C@@H](c2ccccc2)[C@H]1C. The third-order valence-electron chi connectivity index (χ3n) is 5.82. The van der Waals surface area contributed by atoms with E-state index >= 15 is 0 Å². The Morgan fingerprint density at radius 1 is 1.09 bits per heavy atom. The molecule has 1 N–H and O–H groups in total. The van der Waals surface area contributed by atoms with Crippen molar-refractivity contribution in [1.29, 1.82) is 0 Å². The van der Waals surface area contributed by atoms with E-state index in [1.165, 1.54) is 6.92 Å². The first-order valence-corrected chi connectivity index (χ1v) is 11.8. The summed E-state index contributed by atoms with van der Waals surface area (Å²) in [6.45, 7) is 4.27. The van der Waals surface area contributed by atoms with Crippen molar-refractivity contribution in [3.05, 3.63) is 48.0 Å². The van der Waals surface area contributed by atoms with Gasteiger partial charge in [0.1, 0.15) is 6.10 Å². The lowest BCUT2D eigenvalue weighted by Gasteiger charge is -2.26. The highest BCUT2D eigenvalue weighted by Crippen LogP contribution is 2.33. The first-order chi connectivity index (χ1) is 16.7. The number of aliphatic hydroxyl groups is 1. The van der Waals surface area contributed by atoms with Crippen molar-refractivity contribution >= 4 is 29.5 Å². The van der Waals surface area contributed by atoms with Crippen LogP contribution in [0.3, 0.4) is 0 Å². The van der Waals surface area contributed by atoms with Crippen molar-refractivity contribution in [2.45, 2.75) is 71.1 Å². The van der Waals surface area contributed by atoms with Gasteiger partial charge < -0.3 is 14.6 Å². The Hall–Kier alpha value is -3.33. The summed E-state index contributed by atoms with van der Waals surface area (Å²) in [6.07, 6.45) is 2.23. The molecular formula is C26H33NO8. The largest absolute Gasteiger partial charge is 0.453 e. The first-order valence-electron chi connectivity index (χ1n) is 11.8. The van der Waals surface area contributed by atoms with Crippen LogP contribution >= 0.6 is 0 Å². The highest BCUT2D eigenvalue weighted by molar-refractivity contribution is 6.04. The van der Waals surface area contributed by atoms with Gasteiger partial charge in [-0.15, -0.1) is 0 Å². The Morgan fingerprint density at radius 2 is 1.74 bits per heavy atom. The van der Waals surface area contributed by atoms with Crippen molar-refractivity contribution in [2.24, 2.45) is 5.92 Å². The number of benzene rings is 1. The number of hydrogen-bond acceptors (Lipinski definition) is 8. The minimum Gasteiger partial charge on any atom is -0.453 e. The summed E-state index contributed by atoms with van der Waals surface area (Å²) in [5.74, 6) is -3.68. The lowest BCUT2D eigenvalue weighted by molar-refractivity contribution is -0.158. The van der Waals surface area contributed by atoms with Gasteiger partial charge in [0.05, 0.1) is 12.0 Å². The van der Waals surface area contributed by atoms with Crippen molar-refractivity contribution in [3.63, 3.8) is 0 Å². The van der Waals surface area contributed by atoms with Crippen LogP contribution < -0.4 is 0 Å². The zero-order valence-corrected chi connectivity index (χ0v) is 20.3. The number of esters is 1. The summed E-state index contributed by atoms with van der Waals surface area (Å²) in [4.78, 5) is 63.2. The number of ketones is 2. The van der Waals surface area contributed by atoms with Gasteiger partial charge in [-0.3, -0.25) is 19.2 Å². The predicted octanol–water partition coefficient (Wildman–Crippen LogP) is 3.30. The number of carbonyl (C=O) groups excluding carboxylic acids is 5. The van der Waals surface area contributed by atoms with Gasteiger partial charge >= 0.3 is 12.1 Å². The number of ether oxygens (including phenoxy) is 2. The maximum absolute atomic E-state index is 13.2. The summed E-state index contributed by atoms with van der Waals surface area (Å²) in [5, 5.41) is 8.78. The molecule has 9 nitrogen and oxygen atoms in total. The average molecular weight is 488 g/mol. The van der Waals surface area contributed by atoms with Gasteiger partial charge in [0.25, 0.3) is 0 Å². The fraction of sp³-hybridized carbons (Fsp3) is 0.500. The summed E-state index contributed by atoms with van der Waals surface area (Å²) in [5.41, 5.74) is 0.724. The van der Waals surface area contributed by atoms with E-state index in [2.05, 4.69) is 0 Å². The minimum atomic E-state index is -1.50. The van der Waals surface area contributed by atoms with Crippen LogP contribution in [0.15, 0.2) is 42.5 Å². The van der Waals surface area contributed by atoms with Crippen molar-refractivity contribution in [1.82, 2.24) is 4.90 Å². The maximum Gasteiger partial charge on any atom is 0.417 e. The number of rotatable bonds is 13. The number of cyclic esters (lactones) is 1. The van der Waals surface area contributed by atoms with Gasteiger partial charge in [-0.2, -0.15) is 0 Å². The smallest absolute Gasteiger partial charge is 0.417 e. The Labute approximate surface area is 205 Å².